The SMILES string of the molecule is CCOc1nnc(-c2ccc(OC)cc2)o1. The Balaban J connectivity index is 2.21. The highest BCUT2D eigenvalue weighted by Crippen LogP contribution is 2.23. The third-order valence-corrected chi connectivity index (χ3v) is 2.01. The Morgan fingerprint density at radius 3 is 2.56 bits per heavy atom. The number of aromatic nitrogens is 2. The van der Waals surface area contributed by atoms with Gasteiger partial charge in [-0.05, 0) is 31.2 Å². The first-order valence-electron chi connectivity index (χ1n) is 4.94. The van der Waals surface area contributed by atoms with Gasteiger partial charge in [-0.25, -0.2) is 0 Å². The molecule has 0 aliphatic rings. The number of hydrogen-bond acceptors (Lipinski definition) is 5. The van der Waals surface area contributed by atoms with E-state index in [4.69, 9.17) is 13.9 Å². The second kappa shape index (κ2) is 4.65. The lowest BCUT2D eigenvalue weighted by atomic mass is 10.2. The van der Waals surface area contributed by atoms with E-state index >= 15 is 0 Å². The van der Waals surface area contributed by atoms with Crippen molar-refractivity contribution in [2.75, 3.05) is 13.7 Å². The van der Waals surface area contributed by atoms with Gasteiger partial charge in [0.25, 0.3) is 5.89 Å². The molecule has 0 bridgehead atoms. The van der Waals surface area contributed by atoms with Gasteiger partial charge in [-0.3, -0.25) is 0 Å². The second-order valence-electron chi connectivity index (χ2n) is 3.03. The minimum Gasteiger partial charge on any atom is -0.497 e. The topological polar surface area (TPSA) is 57.4 Å². The molecule has 16 heavy (non-hydrogen) atoms. The van der Waals surface area contributed by atoms with Crippen LogP contribution in [-0.2, 0) is 0 Å². The van der Waals surface area contributed by atoms with E-state index in [9.17, 15) is 0 Å². The van der Waals surface area contributed by atoms with E-state index in [1.165, 1.54) is 0 Å². The van der Waals surface area contributed by atoms with Crippen molar-refractivity contribution in [3.05, 3.63) is 24.3 Å². The summed E-state index contributed by atoms with van der Waals surface area (Å²) in [6, 6.07) is 7.36. The summed E-state index contributed by atoms with van der Waals surface area (Å²) in [6.07, 6.45) is 0.188. The molecule has 0 saturated heterocycles. The van der Waals surface area contributed by atoms with E-state index < -0.39 is 0 Å². The number of methoxy groups -OCH3 is 1. The largest absolute Gasteiger partial charge is 0.497 e. The van der Waals surface area contributed by atoms with Crippen LogP contribution in [0.5, 0.6) is 11.8 Å². The van der Waals surface area contributed by atoms with Gasteiger partial charge in [0, 0.05) is 5.56 Å². The minimum absolute atomic E-state index is 0.188. The molecule has 2 aromatic rings. The van der Waals surface area contributed by atoms with Gasteiger partial charge in [0.15, 0.2) is 0 Å². The van der Waals surface area contributed by atoms with Crippen LogP contribution in [0.2, 0.25) is 0 Å². The fourth-order valence-electron chi connectivity index (χ4n) is 1.24. The van der Waals surface area contributed by atoms with Crippen molar-refractivity contribution in [1.82, 2.24) is 10.2 Å². The molecule has 5 heteroatoms. The smallest absolute Gasteiger partial charge is 0.414 e. The van der Waals surface area contributed by atoms with Gasteiger partial charge in [-0.2, -0.15) is 0 Å². The van der Waals surface area contributed by atoms with Crippen molar-refractivity contribution in [3.63, 3.8) is 0 Å². The average molecular weight is 220 g/mol. The zero-order valence-electron chi connectivity index (χ0n) is 9.14. The highest BCUT2D eigenvalue weighted by atomic mass is 16.6. The monoisotopic (exact) mass is 220 g/mol. The van der Waals surface area contributed by atoms with E-state index in [1.54, 1.807) is 7.11 Å². The molecule has 0 saturated carbocycles. The lowest BCUT2D eigenvalue weighted by molar-refractivity contribution is 0.247. The van der Waals surface area contributed by atoms with Crippen LogP contribution in [0, 0.1) is 0 Å². The van der Waals surface area contributed by atoms with E-state index in [0.29, 0.717) is 12.5 Å². The molecular formula is C11H12N2O3. The Morgan fingerprint density at radius 2 is 1.94 bits per heavy atom. The molecule has 84 valence electrons. The first-order chi connectivity index (χ1) is 7.83. The highest BCUT2D eigenvalue weighted by Gasteiger charge is 2.08. The number of benzene rings is 1. The van der Waals surface area contributed by atoms with Gasteiger partial charge in [-0.1, -0.05) is 5.10 Å². The molecule has 0 amide bonds. The standard InChI is InChI=1S/C11H12N2O3/c1-3-15-11-13-12-10(16-11)8-4-6-9(14-2)7-5-8/h4-7H,3H2,1-2H3. The Morgan fingerprint density at radius 1 is 1.19 bits per heavy atom. The quantitative estimate of drug-likeness (QED) is 0.790. The molecule has 0 atom stereocenters. The summed E-state index contributed by atoms with van der Waals surface area (Å²) >= 11 is 0. The van der Waals surface area contributed by atoms with Gasteiger partial charge >= 0.3 is 6.08 Å². The van der Waals surface area contributed by atoms with Gasteiger partial charge in [-0.15, -0.1) is 5.10 Å². The van der Waals surface area contributed by atoms with Crippen molar-refractivity contribution in [2.45, 2.75) is 6.92 Å². The molecule has 0 radical (unpaired) electrons. The van der Waals surface area contributed by atoms with Crippen LogP contribution in [0.15, 0.2) is 28.7 Å². The molecule has 0 unspecified atom stereocenters. The van der Waals surface area contributed by atoms with E-state index in [0.717, 1.165) is 11.3 Å². The van der Waals surface area contributed by atoms with Crippen LogP contribution in [0.3, 0.4) is 0 Å². The Labute approximate surface area is 93.0 Å². The summed E-state index contributed by atoms with van der Waals surface area (Å²) in [5, 5.41) is 7.63. The summed E-state index contributed by atoms with van der Waals surface area (Å²) in [5.41, 5.74) is 0.833. The molecule has 1 aromatic carbocycles. The number of nitrogens with zero attached hydrogens (tertiary/aromatic N) is 2. The summed E-state index contributed by atoms with van der Waals surface area (Å²) in [5.74, 6) is 1.22. The maximum atomic E-state index is 5.30. The Kier molecular flexibility index (Phi) is 3.05. The Bertz CT molecular complexity index is 451. The molecule has 0 aliphatic carbocycles. The van der Waals surface area contributed by atoms with Crippen LogP contribution >= 0.6 is 0 Å². The second-order valence-corrected chi connectivity index (χ2v) is 3.03. The highest BCUT2D eigenvalue weighted by molar-refractivity contribution is 5.54. The van der Waals surface area contributed by atoms with Gasteiger partial charge in [0.2, 0.25) is 0 Å². The van der Waals surface area contributed by atoms with Gasteiger partial charge in [0.1, 0.15) is 5.75 Å². The number of hydrogen-bond donors (Lipinski definition) is 0. The third-order valence-electron chi connectivity index (χ3n) is 2.01. The molecule has 1 aromatic heterocycles. The predicted octanol–water partition coefficient (Wildman–Crippen LogP) is 2.14. The molecule has 0 fully saturated rings. The molecule has 0 aliphatic heterocycles. The molecule has 0 N–H and O–H groups in total. The van der Waals surface area contributed by atoms with Crippen LogP contribution in [-0.4, -0.2) is 23.9 Å². The van der Waals surface area contributed by atoms with Crippen molar-refractivity contribution >= 4 is 0 Å². The fourth-order valence-corrected chi connectivity index (χ4v) is 1.24. The normalized spacial score (nSPS) is 10.1. The van der Waals surface area contributed by atoms with Crippen molar-refractivity contribution < 1.29 is 13.9 Å². The van der Waals surface area contributed by atoms with Crippen molar-refractivity contribution in [3.8, 4) is 23.3 Å². The summed E-state index contributed by atoms with van der Waals surface area (Å²) in [4.78, 5) is 0. The molecular weight excluding hydrogens is 208 g/mol. The minimum atomic E-state index is 0.188. The van der Waals surface area contributed by atoms with Gasteiger partial charge in [0.05, 0.1) is 13.7 Å². The maximum absolute atomic E-state index is 5.30. The van der Waals surface area contributed by atoms with Crippen LogP contribution in [0.1, 0.15) is 6.92 Å². The van der Waals surface area contributed by atoms with Crippen molar-refractivity contribution in [1.29, 1.82) is 0 Å². The summed E-state index contributed by atoms with van der Waals surface area (Å²) in [6.45, 7) is 2.36. The summed E-state index contributed by atoms with van der Waals surface area (Å²) in [7, 11) is 1.62. The molecule has 5 nitrogen and oxygen atoms in total. The fraction of sp³-hybridized carbons (Fsp3) is 0.273. The zero-order chi connectivity index (χ0) is 11.4. The Hall–Kier alpha value is -2.04. The van der Waals surface area contributed by atoms with Crippen LogP contribution < -0.4 is 9.47 Å². The first kappa shape index (κ1) is 10.5. The van der Waals surface area contributed by atoms with E-state index in [-0.39, 0.29) is 6.08 Å². The predicted molar refractivity (Wildman–Crippen MR) is 57.5 cm³/mol. The number of rotatable bonds is 4. The molecule has 2 rings (SSSR count). The van der Waals surface area contributed by atoms with Gasteiger partial charge < -0.3 is 13.9 Å². The third kappa shape index (κ3) is 2.13. The maximum Gasteiger partial charge on any atom is 0.414 e. The van der Waals surface area contributed by atoms with E-state index in [2.05, 4.69) is 10.2 Å². The zero-order valence-corrected chi connectivity index (χ0v) is 9.14. The van der Waals surface area contributed by atoms with Crippen molar-refractivity contribution in [2.24, 2.45) is 0 Å². The molecule has 0 spiro atoms. The first-order valence-corrected chi connectivity index (χ1v) is 4.94. The lowest BCUT2D eigenvalue weighted by Crippen LogP contribution is -1.90. The summed E-state index contributed by atoms with van der Waals surface area (Å²) < 4.78 is 15.4. The van der Waals surface area contributed by atoms with Crippen LogP contribution in [0.4, 0.5) is 0 Å². The average Bonchev–Trinajstić information content (AvgIpc) is 2.78. The number of ether oxygens (including phenoxy) is 2. The van der Waals surface area contributed by atoms with Crippen LogP contribution in [0.25, 0.3) is 11.5 Å². The molecule has 1 heterocycles. The lowest BCUT2D eigenvalue weighted by Gasteiger charge is -1.99. The van der Waals surface area contributed by atoms with E-state index in [1.807, 2.05) is 31.2 Å².